The van der Waals surface area contributed by atoms with Gasteiger partial charge in [0, 0.05) is 0 Å². The molecule has 2 rings (SSSR count). The van der Waals surface area contributed by atoms with E-state index in [9.17, 15) is 10.1 Å². The molecule has 1 amide bonds. The first kappa shape index (κ1) is 20.8. The second kappa shape index (κ2) is 9.43. The van der Waals surface area contributed by atoms with E-state index in [0.717, 1.165) is 0 Å². The Bertz CT molecular complexity index is 901. The van der Waals surface area contributed by atoms with Gasteiger partial charge in [-0.15, -0.1) is 0 Å². The Balaban J connectivity index is 2.31. The van der Waals surface area contributed by atoms with Crippen LogP contribution in [0.3, 0.4) is 0 Å². The average molecular weight is 519 g/mol. The summed E-state index contributed by atoms with van der Waals surface area (Å²) >= 11 is 18.8. The number of nitrogens with one attached hydrogen (secondary N) is 1. The molecular weight excluding hydrogens is 507 g/mol. The zero-order valence-electron chi connectivity index (χ0n) is 13.4. The van der Waals surface area contributed by atoms with E-state index in [4.69, 9.17) is 27.9 Å². The van der Waals surface area contributed by atoms with Crippen molar-refractivity contribution in [2.45, 2.75) is 6.92 Å². The number of hydrogen-bond donors (Lipinski definition) is 1. The van der Waals surface area contributed by atoms with Crippen molar-refractivity contribution < 1.29 is 9.53 Å². The number of carbonyl (C=O) groups is 1. The quantitative estimate of drug-likeness (QED) is 0.365. The molecule has 0 heterocycles. The normalized spacial score (nSPS) is 11.0. The number of hydrogen-bond acceptors (Lipinski definition) is 3. The van der Waals surface area contributed by atoms with Gasteiger partial charge in [0.25, 0.3) is 5.91 Å². The summed E-state index contributed by atoms with van der Waals surface area (Å²) in [5.41, 5.74) is 0.902. The standard InChI is InChI=1S/C18H12Br2Cl2N2O2/c1-2-26-17-12(19)7-10(8-13(17)20)6-11(9-23)18(25)24-15-5-3-4-14(21)16(15)22/h3-8H,2H2,1H3,(H,24,25)/b11-6+. The van der Waals surface area contributed by atoms with Crippen LogP contribution in [0.15, 0.2) is 44.9 Å². The lowest BCUT2D eigenvalue weighted by Gasteiger charge is -2.10. The molecule has 0 radical (unpaired) electrons. The van der Waals surface area contributed by atoms with Crippen molar-refractivity contribution in [1.29, 1.82) is 5.26 Å². The highest BCUT2D eigenvalue weighted by Crippen LogP contribution is 2.35. The molecule has 1 N–H and O–H groups in total. The van der Waals surface area contributed by atoms with Gasteiger partial charge in [0.05, 0.1) is 31.3 Å². The molecule has 4 nitrogen and oxygen atoms in total. The number of carbonyl (C=O) groups excluding carboxylic acids is 1. The highest BCUT2D eigenvalue weighted by Gasteiger charge is 2.14. The Morgan fingerprint density at radius 2 is 1.96 bits per heavy atom. The van der Waals surface area contributed by atoms with Crippen LogP contribution in [0, 0.1) is 11.3 Å². The molecule has 0 fully saturated rings. The Labute approximate surface area is 178 Å². The van der Waals surface area contributed by atoms with Gasteiger partial charge in [0.1, 0.15) is 17.4 Å². The third-order valence-electron chi connectivity index (χ3n) is 3.19. The molecule has 0 bridgehead atoms. The van der Waals surface area contributed by atoms with Crippen LogP contribution >= 0.6 is 55.1 Å². The monoisotopic (exact) mass is 516 g/mol. The van der Waals surface area contributed by atoms with Crippen molar-refractivity contribution in [3.05, 3.63) is 60.5 Å². The first-order chi connectivity index (χ1) is 12.4. The molecule has 2 aromatic carbocycles. The molecule has 0 unspecified atom stereocenters. The Morgan fingerprint density at radius 1 is 1.31 bits per heavy atom. The number of amides is 1. The maximum atomic E-state index is 12.4. The molecule has 8 heteroatoms. The van der Waals surface area contributed by atoms with Gasteiger partial charge in [-0.2, -0.15) is 5.26 Å². The Hall–Kier alpha value is -1.52. The molecule has 134 valence electrons. The molecule has 0 aliphatic rings. The third-order valence-corrected chi connectivity index (χ3v) is 5.18. The summed E-state index contributed by atoms with van der Waals surface area (Å²) in [6, 6.07) is 10.3. The average Bonchev–Trinajstić information content (AvgIpc) is 2.60. The van der Waals surface area contributed by atoms with E-state index in [1.807, 2.05) is 13.0 Å². The zero-order valence-corrected chi connectivity index (χ0v) is 18.1. The van der Waals surface area contributed by atoms with Crippen molar-refractivity contribution in [3.63, 3.8) is 0 Å². The maximum absolute atomic E-state index is 12.4. The molecule has 0 spiro atoms. The molecule has 0 saturated heterocycles. The van der Waals surface area contributed by atoms with Gasteiger partial charge in [-0.3, -0.25) is 4.79 Å². The summed E-state index contributed by atoms with van der Waals surface area (Å²) < 4.78 is 6.93. The molecule has 0 aliphatic carbocycles. The summed E-state index contributed by atoms with van der Waals surface area (Å²) in [7, 11) is 0. The van der Waals surface area contributed by atoms with Gasteiger partial charge in [-0.1, -0.05) is 29.3 Å². The lowest BCUT2D eigenvalue weighted by Crippen LogP contribution is -2.13. The van der Waals surface area contributed by atoms with E-state index in [1.54, 1.807) is 30.3 Å². The van der Waals surface area contributed by atoms with Crippen molar-refractivity contribution in [3.8, 4) is 11.8 Å². The van der Waals surface area contributed by atoms with Crippen molar-refractivity contribution in [2.24, 2.45) is 0 Å². The van der Waals surface area contributed by atoms with E-state index in [1.165, 1.54) is 6.08 Å². The predicted molar refractivity (Wildman–Crippen MR) is 112 cm³/mol. The van der Waals surface area contributed by atoms with E-state index in [-0.39, 0.29) is 10.6 Å². The van der Waals surface area contributed by atoms with Crippen LogP contribution in [0.2, 0.25) is 10.0 Å². The van der Waals surface area contributed by atoms with Crippen molar-refractivity contribution in [1.82, 2.24) is 0 Å². The number of benzene rings is 2. The second-order valence-electron chi connectivity index (χ2n) is 4.97. The SMILES string of the molecule is CCOc1c(Br)cc(/C=C(\C#N)C(=O)Nc2cccc(Cl)c2Cl)cc1Br. The number of anilines is 1. The largest absolute Gasteiger partial charge is 0.492 e. The molecular formula is C18H12Br2Cl2N2O2. The number of nitriles is 1. The van der Waals surface area contributed by atoms with Crippen LogP contribution in [0.4, 0.5) is 5.69 Å². The second-order valence-corrected chi connectivity index (χ2v) is 7.47. The predicted octanol–water partition coefficient (Wildman–Crippen LogP) is 6.46. The fourth-order valence-electron chi connectivity index (χ4n) is 2.05. The highest BCUT2D eigenvalue weighted by molar-refractivity contribution is 9.11. The van der Waals surface area contributed by atoms with Crippen LogP contribution in [0.5, 0.6) is 5.75 Å². The van der Waals surface area contributed by atoms with Crippen molar-refractivity contribution >= 4 is 72.7 Å². The van der Waals surface area contributed by atoms with E-state index in [2.05, 4.69) is 37.2 Å². The summed E-state index contributed by atoms with van der Waals surface area (Å²) in [4.78, 5) is 12.4. The van der Waals surface area contributed by atoms with Gasteiger partial charge in [0.2, 0.25) is 0 Å². The fourth-order valence-corrected chi connectivity index (χ4v) is 3.85. The van der Waals surface area contributed by atoms with Crippen LogP contribution < -0.4 is 10.1 Å². The molecule has 26 heavy (non-hydrogen) atoms. The lowest BCUT2D eigenvalue weighted by molar-refractivity contribution is -0.112. The summed E-state index contributed by atoms with van der Waals surface area (Å²) in [5.74, 6) is 0.0658. The summed E-state index contributed by atoms with van der Waals surface area (Å²) in [5, 5.41) is 12.5. The van der Waals surface area contributed by atoms with Crippen LogP contribution in [0.1, 0.15) is 12.5 Å². The lowest BCUT2D eigenvalue weighted by atomic mass is 10.1. The minimum Gasteiger partial charge on any atom is -0.492 e. The third kappa shape index (κ3) is 5.01. The number of ether oxygens (including phenoxy) is 1. The molecule has 0 aliphatic heterocycles. The van der Waals surface area contributed by atoms with Gasteiger partial charge >= 0.3 is 0 Å². The number of halogens is 4. The van der Waals surface area contributed by atoms with Crippen molar-refractivity contribution in [2.75, 3.05) is 11.9 Å². The Kier molecular flexibility index (Phi) is 7.54. The minimum atomic E-state index is -0.585. The smallest absolute Gasteiger partial charge is 0.266 e. The number of rotatable bonds is 5. The van der Waals surface area contributed by atoms with E-state index in [0.29, 0.717) is 37.6 Å². The van der Waals surface area contributed by atoms with Crippen LogP contribution in [0.25, 0.3) is 6.08 Å². The van der Waals surface area contributed by atoms with E-state index < -0.39 is 5.91 Å². The fraction of sp³-hybridized carbons (Fsp3) is 0.111. The van der Waals surface area contributed by atoms with Gasteiger partial charge < -0.3 is 10.1 Å². The highest BCUT2D eigenvalue weighted by atomic mass is 79.9. The van der Waals surface area contributed by atoms with Gasteiger partial charge in [-0.25, -0.2) is 0 Å². The topological polar surface area (TPSA) is 62.1 Å². The van der Waals surface area contributed by atoms with Gasteiger partial charge in [-0.05, 0) is 74.7 Å². The Morgan fingerprint density at radius 3 is 2.54 bits per heavy atom. The van der Waals surface area contributed by atoms with Crippen LogP contribution in [-0.2, 0) is 4.79 Å². The number of nitrogens with zero attached hydrogens (tertiary/aromatic N) is 1. The minimum absolute atomic E-state index is 0.0796. The van der Waals surface area contributed by atoms with E-state index >= 15 is 0 Å². The van der Waals surface area contributed by atoms with Gasteiger partial charge in [0.15, 0.2) is 0 Å². The molecule has 2 aromatic rings. The molecule has 0 atom stereocenters. The first-order valence-corrected chi connectivity index (χ1v) is 9.70. The summed E-state index contributed by atoms with van der Waals surface area (Å²) in [6.07, 6.45) is 1.47. The first-order valence-electron chi connectivity index (χ1n) is 7.36. The summed E-state index contributed by atoms with van der Waals surface area (Å²) in [6.45, 7) is 2.39. The molecule has 0 aromatic heterocycles. The zero-order chi connectivity index (χ0) is 19.3. The van der Waals surface area contributed by atoms with Crippen LogP contribution in [-0.4, -0.2) is 12.5 Å². The molecule has 0 saturated carbocycles. The maximum Gasteiger partial charge on any atom is 0.266 e.